The van der Waals surface area contributed by atoms with Crippen LogP contribution in [0.4, 0.5) is 5.69 Å². The number of anilines is 1. The van der Waals surface area contributed by atoms with E-state index in [-0.39, 0.29) is 11.5 Å². The average molecular weight is 392 g/mol. The maximum absolute atomic E-state index is 13.4. The van der Waals surface area contributed by atoms with Crippen LogP contribution in [0.5, 0.6) is 0 Å². The maximum atomic E-state index is 13.4. The van der Waals surface area contributed by atoms with E-state index in [2.05, 4.69) is 10.3 Å². The van der Waals surface area contributed by atoms with Crippen molar-refractivity contribution in [3.63, 3.8) is 0 Å². The van der Waals surface area contributed by atoms with Crippen LogP contribution >= 0.6 is 0 Å². The highest BCUT2D eigenvalue weighted by molar-refractivity contribution is 6.00. The molecule has 1 amide bonds. The van der Waals surface area contributed by atoms with Crippen LogP contribution in [0.15, 0.2) is 59.4 Å². The van der Waals surface area contributed by atoms with Gasteiger partial charge in [-0.2, -0.15) is 0 Å². The Hall–Kier alpha value is -2.96. The number of H-pyrrole nitrogens is 1. The number of hydrogen-bond acceptors (Lipinski definition) is 4. The SMILES string of the molecule is COCc1cc(=O)[nH]c2cc(NC(=O)C3(c4ccccc4)CCOCC3)ccc12. The van der Waals surface area contributed by atoms with E-state index in [0.29, 0.717) is 43.9 Å². The van der Waals surface area contributed by atoms with Gasteiger partial charge in [0.15, 0.2) is 0 Å². The summed E-state index contributed by atoms with van der Waals surface area (Å²) in [5.74, 6) is -0.0539. The predicted molar refractivity (Wildman–Crippen MR) is 112 cm³/mol. The van der Waals surface area contributed by atoms with E-state index in [1.165, 1.54) is 6.07 Å². The lowest BCUT2D eigenvalue weighted by Crippen LogP contribution is -2.44. The van der Waals surface area contributed by atoms with Gasteiger partial charge in [0.2, 0.25) is 11.5 Å². The molecule has 3 aromatic rings. The number of hydrogen-bond donors (Lipinski definition) is 2. The van der Waals surface area contributed by atoms with Crippen LogP contribution in [0.1, 0.15) is 24.0 Å². The van der Waals surface area contributed by atoms with Crippen LogP contribution in [0, 0.1) is 0 Å². The molecule has 2 N–H and O–H groups in total. The van der Waals surface area contributed by atoms with Crippen molar-refractivity contribution in [3.8, 4) is 0 Å². The number of carbonyl (C=O) groups is 1. The van der Waals surface area contributed by atoms with Gasteiger partial charge in [0.25, 0.3) is 0 Å². The van der Waals surface area contributed by atoms with E-state index in [4.69, 9.17) is 9.47 Å². The first-order chi connectivity index (χ1) is 14.1. The Labute approximate surface area is 168 Å². The number of pyridine rings is 1. The average Bonchev–Trinajstić information content (AvgIpc) is 2.74. The van der Waals surface area contributed by atoms with E-state index in [1.54, 1.807) is 13.2 Å². The van der Waals surface area contributed by atoms with E-state index in [9.17, 15) is 9.59 Å². The molecule has 0 bridgehead atoms. The summed E-state index contributed by atoms with van der Waals surface area (Å²) in [6.45, 7) is 1.45. The molecule has 1 saturated heterocycles. The Morgan fingerprint density at radius 2 is 1.90 bits per heavy atom. The molecule has 0 saturated carbocycles. The molecule has 1 aromatic heterocycles. The van der Waals surface area contributed by atoms with Gasteiger partial charge in [-0.05, 0) is 36.1 Å². The van der Waals surface area contributed by atoms with Gasteiger partial charge < -0.3 is 19.8 Å². The Kier molecular flexibility index (Phi) is 5.47. The summed E-state index contributed by atoms with van der Waals surface area (Å²) in [7, 11) is 1.60. The van der Waals surface area contributed by atoms with Crippen molar-refractivity contribution < 1.29 is 14.3 Å². The molecule has 0 atom stereocenters. The molecule has 1 aliphatic heterocycles. The van der Waals surface area contributed by atoms with Crippen LogP contribution in [-0.4, -0.2) is 31.2 Å². The van der Waals surface area contributed by atoms with E-state index >= 15 is 0 Å². The molecule has 1 fully saturated rings. The van der Waals surface area contributed by atoms with Crippen molar-refractivity contribution in [2.24, 2.45) is 0 Å². The number of nitrogens with one attached hydrogen (secondary N) is 2. The number of aromatic amines is 1. The number of methoxy groups -OCH3 is 1. The Bertz CT molecular complexity index is 1070. The molecule has 2 aromatic carbocycles. The van der Waals surface area contributed by atoms with Crippen LogP contribution in [0.2, 0.25) is 0 Å². The second-order valence-corrected chi connectivity index (χ2v) is 7.37. The third-order valence-corrected chi connectivity index (χ3v) is 5.59. The standard InChI is InChI=1S/C23H24N2O4/c1-28-15-16-13-21(26)25-20-14-18(7-8-19(16)20)24-22(27)23(9-11-29-12-10-23)17-5-3-2-4-6-17/h2-8,13-14H,9-12,15H2,1H3,(H,24,27)(H,25,26). The lowest BCUT2D eigenvalue weighted by atomic mass is 9.73. The van der Waals surface area contributed by atoms with Gasteiger partial charge in [0.05, 0.1) is 17.5 Å². The highest BCUT2D eigenvalue weighted by Gasteiger charge is 2.41. The molecule has 6 nitrogen and oxygen atoms in total. The molecule has 0 unspecified atom stereocenters. The van der Waals surface area contributed by atoms with Gasteiger partial charge in [0, 0.05) is 37.5 Å². The van der Waals surface area contributed by atoms with Gasteiger partial charge in [-0.15, -0.1) is 0 Å². The normalized spacial score (nSPS) is 15.9. The Morgan fingerprint density at radius 3 is 2.62 bits per heavy atom. The Morgan fingerprint density at radius 1 is 1.14 bits per heavy atom. The number of carbonyl (C=O) groups excluding carboxylic acids is 1. The van der Waals surface area contributed by atoms with Crippen molar-refractivity contribution in [1.82, 2.24) is 4.98 Å². The van der Waals surface area contributed by atoms with Crippen molar-refractivity contribution in [1.29, 1.82) is 0 Å². The molecular weight excluding hydrogens is 368 g/mol. The van der Waals surface area contributed by atoms with Gasteiger partial charge in [-0.25, -0.2) is 0 Å². The van der Waals surface area contributed by atoms with Crippen LogP contribution in [-0.2, 0) is 26.3 Å². The second kappa shape index (κ2) is 8.19. The fraction of sp³-hybridized carbons (Fsp3) is 0.304. The first-order valence-electron chi connectivity index (χ1n) is 9.72. The van der Waals surface area contributed by atoms with Crippen molar-refractivity contribution in [2.75, 3.05) is 25.6 Å². The van der Waals surface area contributed by atoms with E-state index in [1.807, 2.05) is 42.5 Å². The monoisotopic (exact) mass is 392 g/mol. The van der Waals surface area contributed by atoms with Crippen LogP contribution in [0.25, 0.3) is 10.9 Å². The summed E-state index contributed by atoms with van der Waals surface area (Å²) in [4.78, 5) is 28.2. The smallest absolute Gasteiger partial charge is 0.248 e. The maximum Gasteiger partial charge on any atom is 0.248 e. The van der Waals surface area contributed by atoms with E-state index in [0.717, 1.165) is 16.5 Å². The number of amides is 1. The summed E-state index contributed by atoms with van der Waals surface area (Å²) >= 11 is 0. The van der Waals surface area contributed by atoms with Crippen molar-refractivity contribution in [3.05, 3.63) is 76.1 Å². The third kappa shape index (κ3) is 3.81. The highest BCUT2D eigenvalue weighted by Crippen LogP contribution is 2.36. The van der Waals surface area contributed by atoms with Crippen molar-refractivity contribution in [2.45, 2.75) is 24.9 Å². The quantitative estimate of drug-likeness (QED) is 0.698. The molecule has 0 spiro atoms. The molecule has 4 rings (SSSR count). The summed E-state index contributed by atoms with van der Waals surface area (Å²) < 4.78 is 10.7. The summed E-state index contributed by atoms with van der Waals surface area (Å²) in [6.07, 6.45) is 1.26. The minimum Gasteiger partial charge on any atom is -0.381 e. The second-order valence-electron chi connectivity index (χ2n) is 7.37. The molecule has 0 aliphatic carbocycles. The molecule has 0 radical (unpaired) electrons. The van der Waals surface area contributed by atoms with Gasteiger partial charge in [0.1, 0.15) is 0 Å². The summed E-state index contributed by atoms with van der Waals surface area (Å²) in [5, 5.41) is 3.96. The predicted octanol–water partition coefficient (Wildman–Crippen LogP) is 3.36. The minimum absolute atomic E-state index is 0.0539. The zero-order chi connectivity index (χ0) is 20.3. The first-order valence-corrected chi connectivity index (χ1v) is 9.72. The fourth-order valence-corrected chi connectivity index (χ4v) is 4.06. The largest absolute Gasteiger partial charge is 0.381 e. The summed E-state index contributed by atoms with van der Waals surface area (Å²) in [6, 6.07) is 17.0. The fourth-order valence-electron chi connectivity index (χ4n) is 4.06. The molecular formula is C23H24N2O4. The van der Waals surface area contributed by atoms with Gasteiger partial charge >= 0.3 is 0 Å². The van der Waals surface area contributed by atoms with Crippen molar-refractivity contribution >= 4 is 22.5 Å². The number of rotatable bonds is 5. The zero-order valence-electron chi connectivity index (χ0n) is 16.4. The zero-order valence-corrected chi connectivity index (χ0v) is 16.4. The number of fused-ring (bicyclic) bond motifs is 1. The highest BCUT2D eigenvalue weighted by atomic mass is 16.5. The van der Waals surface area contributed by atoms with Crippen LogP contribution in [0.3, 0.4) is 0 Å². The molecule has 2 heterocycles. The molecule has 6 heteroatoms. The first kappa shape index (κ1) is 19.4. The van der Waals surface area contributed by atoms with Crippen LogP contribution < -0.4 is 10.9 Å². The lowest BCUT2D eigenvalue weighted by Gasteiger charge is -2.36. The molecule has 1 aliphatic rings. The van der Waals surface area contributed by atoms with Gasteiger partial charge in [-0.3, -0.25) is 9.59 Å². The molecule has 150 valence electrons. The Balaban J connectivity index is 1.68. The topological polar surface area (TPSA) is 80.4 Å². The summed E-state index contributed by atoms with van der Waals surface area (Å²) in [5.41, 5.74) is 2.31. The third-order valence-electron chi connectivity index (χ3n) is 5.59. The van der Waals surface area contributed by atoms with E-state index < -0.39 is 5.41 Å². The number of aromatic nitrogens is 1. The molecule has 29 heavy (non-hydrogen) atoms. The number of benzene rings is 2. The van der Waals surface area contributed by atoms with Gasteiger partial charge in [-0.1, -0.05) is 36.4 Å². The minimum atomic E-state index is -0.625. The number of ether oxygens (including phenoxy) is 2. The lowest BCUT2D eigenvalue weighted by molar-refractivity contribution is -0.125.